The van der Waals surface area contributed by atoms with E-state index in [9.17, 15) is 9.59 Å². The third-order valence-electron chi connectivity index (χ3n) is 7.02. The van der Waals surface area contributed by atoms with Gasteiger partial charge >= 0.3 is 0 Å². The van der Waals surface area contributed by atoms with Crippen LogP contribution in [0.5, 0.6) is 0 Å². The Labute approximate surface area is 193 Å². The molecule has 1 atom stereocenters. The van der Waals surface area contributed by atoms with Gasteiger partial charge in [-0.25, -0.2) is 0 Å². The van der Waals surface area contributed by atoms with Gasteiger partial charge in [0.1, 0.15) is 11.2 Å². The Bertz CT molecular complexity index is 1160. The molecule has 1 fully saturated rings. The van der Waals surface area contributed by atoms with Crippen molar-refractivity contribution in [3.05, 3.63) is 70.9 Å². The molecule has 1 aromatic heterocycles. The molecule has 5 rings (SSSR count). The van der Waals surface area contributed by atoms with E-state index < -0.39 is 5.54 Å². The minimum Gasteiger partial charge on any atom is -0.351 e. The van der Waals surface area contributed by atoms with Gasteiger partial charge in [-0.2, -0.15) is 0 Å². The summed E-state index contributed by atoms with van der Waals surface area (Å²) in [5.41, 5.74) is 1.56. The number of carbonyl (C=O) groups is 2. The van der Waals surface area contributed by atoms with Crippen molar-refractivity contribution in [3.8, 4) is 0 Å². The Morgan fingerprint density at radius 2 is 1.81 bits per heavy atom. The molecule has 1 aliphatic heterocycles. The van der Waals surface area contributed by atoms with Crippen LogP contribution in [0.3, 0.4) is 0 Å². The van der Waals surface area contributed by atoms with E-state index in [1.165, 1.54) is 6.42 Å². The number of nitrogens with zero attached hydrogens (tertiary/aromatic N) is 2. The normalized spacial score (nSPS) is 21.6. The summed E-state index contributed by atoms with van der Waals surface area (Å²) in [4.78, 5) is 29.2. The Morgan fingerprint density at radius 1 is 1.09 bits per heavy atom. The topological polar surface area (TPSA) is 54.3 Å². The second-order valence-electron chi connectivity index (χ2n) is 9.27. The first kappa shape index (κ1) is 21.1. The zero-order valence-electron chi connectivity index (χ0n) is 18.3. The number of fused-ring (bicyclic) bond motifs is 3. The van der Waals surface area contributed by atoms with Crippen LogP contribution in [0.2, 0.25) is 5.02 Å². The van der Waals surface area contributed by atoms with Crippen molar-refractivity contribution < 1.29 is 9.59 Å². The third kappa shape index (κ3) is 3.69. The van der Waals surface area contributed by atoms with Crippen LogP contribution in [0.15, 0.2) is 54.6 Å². The van der Waals surface area contributed by atoms with E-state index >= 15 is 0 Å². The maximum absolute atomic E-state index is 13.8. The molecule has 1 N–H and O–H groups in total. The molecule has 0 saturated heterocycles. The quantitative estimate of drug-likeness (QED) is 0.598. The molecule has 5 nitrogen and oxygen atoms in total. The smallest absolute Gasteiger partial charge is 0.271 e. The highest BCUT2D eigenvalue weighted by molar-refractivity contribution is 6.30. The Kier molecular flexibility index (Phi) is 5.46. The number of aromatic nitrogens is 1. The van der Waals surface area contributed by atoms with Crippen LogP contribution < -0.4 is 5.32 Å². The molecule has 1 aliphatic carbocycles. The summed E-state index contributed by atoms with van der Waals surface area (Å²) in [5.74, 6) is -0.196. The summed E-state index contributed by atoms with van der Waals surface area (Å²) in [6, 6.07) is 17.6. The van der Waals surface area contributed by atoms with Crippen LogP contribution in [0.4, 0.5) is 0 Å². The number of nitrogens with one attached hydrogen (secondary N) is 1. The molecule has 3 aromatic rings. The average molecular weight is 450 g/mol. The highest BCUT2D eigenvalue weighted by Gasteiger charge is 2.48. The van der Waals surface area contributed by atoms with Gasteiger partial charge in [0.15, 0.2) is 0 Å². The number of rotatable bonds is 4. The van der Waals surface area contributed by atoms with Gasteiger partial charge in [0.05, 0.1) is 6.54 Å². The molecule has 2 amide bonds. The molecule has 2 heterocycles. The fourth-order valence-electron chi connectivity index (χ4n) is 5.11. The fraction of sp³-hybridized carbons (Fsp3) is 0.385. The maximum Gasteiger partial charge on any atom is 0.271 e. The minimum absolute atomic E-state index is 0.0739. The standard InChI is InChI=1S/C26H28ClN3O2/c1-26(25(32)28-21-8-3-2-4-9-21)17-29-22-10-6-5-7-19(22)15-23(29)24(31)30(26)16-18-11-13-20(27)14-12-18/h5-7,10-15,21H,2-4,8-9,16-17H2,1H3,(H,28,32)/t26-/m1/s1. The van der Waals surface area contributed by atoms with E-state index in [0.29, 0.717) is 23.8 Å². The van der Waals surface area contributed by atoms with Crippen molar-refractivity contribution in [2.45, 2.75) is 63.7 Å². The van der Waals surface area contributed by atoms with Gasteiger partial charge in [0, 0.05) is 28.5 Å². The lowest BCUT2D eigenvalue weighted by atomic mass is 9.91. The van der Waals surface area contributed by atoms with Crippen LogP contribution in [0.25, 0.3) is 10.9 Å². The largest absolute Gasteiger partial charge is 0.351 e. The Balaban J connectivity index is 1.54. The third-order valence-corrected chi connectivity index (χ3v) is 7.27. The van der Waals surface area contributed by atoms with Crippen molar-refractivity contribution in [2.24, 2.45) is 0 Å². The molecule has 0 bridgehead atoms. The molecule has 0 radical (unpaired) electrons. The van der Waals surface area contributed by atoms with Gasteiger partial charge in [-0.15, -0.1) is 0 Å². The van der Waals surface area contributed by atoms with Gasteiger partial charge in [-0.1, -0.05) is 61.2 Å². The first-order valence-electron chi connectivity index (χ1n) is 11.4. The SMILES string of the molecule is C[C@]1(C(=O)NC2CCCCC2)Cn2c(cc3ccccc32)C(=O)N1Cc1ccc(Cl)cc1. The van der Waals surface area contributed by atoms with E-state index in [0.717, 1.165) is 42.1 Å². The van der Waals surface area contributed by atoms with Gasteiger partial charge in [-0.05, 0) is 49.6 Å². The molecule has 2 aromatic carbocycles. The Hall–Kier alpha value is -2.79. The van der Waals surface area contributed by atoms with Crippen molar-refractivity contribution in [1.82, 2.24) is 14.8 Å². The van der Waals surface area contributed by atoms with E-state index in [1.54, 1.807) is 4.90 Å². The molecule has 166 valence electrons. The van der Waals surface area contributed by atoms with Gasteiger partial charge < -0.3 is 14.8 Å². The zero-order chi connectivity index (χ0) is 22.3. The van der Waals surface area contributed by atoms with Crippen LogP contribution in [0.1, 0.15) is 55.1 Å². The summed E-state index contributed by atoms with van der Waals surface area (Å²) < 4.78 is 2.01. The fourth-order valence-corrected chi connectivity index (χ4v) is 5.24. The maximum atomic E-state index is 13.8. The second kappa shape index (κ2) is 8.28. The molecular weight excluding hydrogens is 422 g/mol. The van der Waals surface area contributed by atoms with E-state index in [1.807, 2.05) is 66.1 Å². The molecule has 0 spiro atoms. The summed E-state index contributed by atoms with van der Waals surface area (Å²) in [7, 11) is 0. The van der Waals surface area contributed by atoms with Gasteiger partial charge in [-0.3, -0.25) is 9.59 Å². The number of hydrogen-bond acceptors (Lipinski definition) is 2. The lowest BCUT2D eigenvalue weighted by molar-refractivity contribution is -0.134. The summed E-state index contributed by atoms with van der Waals surface area (Å²) in [6.07, 6.45) is 5.52. The van der Waals surface area contributed by atoms with Gasteiger partial charge in [0.25, 0.3) is 5.91 Å². The lowest BCUT2D eigenvalue weighted by Gasteiger charge is -2.45. The molecular formula is C26H28ClN3O2. The molecule has 32 heavy (non-hydrogen) atoms. The predicted octanol–water partition coefficient (Wildman–Crippen LogP) is 5.16. The van der Waals surface area contributed by atoms with Crippen molar-refractivity contribution in [1.29, 1.82) is 0 Å². The summed E-state index contributed by atoms with van der Waals surface area (Å²) in [6.45, 7) is 2.68. The second-order valence-corrected chi connectivity index (χ2v) is 9.71. The van der Waals surface area contributed by atoms with Crippen LogP contribution in [-0.4, -0.2) is 32.9 Å². The van der Waals surface area contributed by atoms with Crippen LogP contribution in [0, 0.1) is 0 Å². The molecule has 1 saturated carbocycles. The molecule has 6 heteroatoms. The minimum atomic E-state index is -0.997. The van der Waals surface area contributed by atoms with E-state index in [2.05, 4.69) is 5.32 Å². The van der Waals surface area contributed by atoms with E-state index in [-0.39, 0.29) is 17.9 Å². The first-order chi connectivity index (χ1) is 15.5. The lowest BCUT2D eigenvalue weighted by Crippen LogP contribution is -2.64. The monoisotopic (exact) mass is 449 g/mol. The highest BCUT2D eigenvalue weighted by Crippen LogP contribution is 2.34. The number of para-hydroxylation sites is 1. The number of carbonyl (C=O) groups excluding carboxylic acids is 2. The van der Waals surface area contributed by atoms with Crippen LogP contribution in [-0.2, 0) is 17.9 Å². The molecule has 0 unspecified atom stereocenters. The summed E-state index contributed by atoms with van der Waals surface area (Å²) >= 11 is 6.06. The first-order valence-corrected chi connectivity index (χ1v) is 11.8. The average Bonchev–Trinajstić information content (AvgIpc) is 3.17. The summed E-state index contributed by atoms with van der Waals surface area (Å²) in [5, 5.41) is 4.94. The number of halogens is 1. The van der Waals surface area contributed by atoms with Gasteiger partial charge in [0.2, 0.25) is 5.91 Å². The van der Waals surface area contributed by atoms with Crippen LogP contribution >= 0.6 is 11.6 Å². The van der Waals surface area contributed by atoms with E-state index in [4.69, 9.17) is 11.6 Å². The van der Waals surface area contributed by atoms with Crippen molar-refractivity contribution in [3.63, 3.8) is 0 Å². The number of hydrogen-bond donors (Lipinski definition) is 1. The van der Waals surface area contributed by atoms with Crippen molar-refractivity contribution >= 4 is 34.3 Å². The predicted molar refractivity (Wildman–Crippen MR) is 127 cm³/mol. The van der Waals surface area contributed by atoms with Crippen molar-refractivity contribution in [2.75, 3.05) is 0 Å². The number of amides is 2. The Morgan fingerprint density at radius 3 is 2.56 bits per heavy atom. The molecule has 2 aliphatic rings. The number of benzene rings is 2. The zero-order valence-corrected chi connectivity index (χ0v) is 19.1. The highest BCUT2D eigenvalue weighted by atomic mass is 35.5.